The maximum atomic E-state index is 13.2. The zero-order chi connectivity index (χ0) is 21.5. The SMILES string of the molecule is COc1ccc(CNC(=O)CN(C(=O)C2=C(C)OCCS2)c2ccc(Cl)cc2)cc1. The van der Waals surface area contributed by atoms with Gasteiger partial charge in [-0.2, -0.15) is 0 Å². The van der Waals surface area contributed by atoms with Crippen LogP contribution in [0.15, 0.2) is 59.2 Å². The van der Waals surface area contributed by atoms with E-state index < -0.39 is 0 Å². The van der Waals surface area contributed by atoms with E-state index in [0.717, 1.165) is 11.3 Å². The Bertz CT molecular complexity index is 929. The second-order valence-corrected chi connectivity index (χ2v) is 8.12. The molecule has 0 spiro atoms. The van der Waals surface area contributed by atoms with Gasteiger partial charge in [0, 0.05) is 23.0 Å². The molecule has 2 amide bonds. The highest BCUT2D eigenvalue weighted by atomic mass is 35.5. The fraction of sp³-hybridized carbons (Fsp3) is 0.273. The van der Waals surface area contributed by atoms with E-state index in [1.165, 1.54) is 16.7 Å². The quantitative estimate of drug-likeness (QED) is 0.696. The van der Waals surface area contributed by atoms with E-state index in [2.05, 4.69) is 5.32 Å². The van der Waals surface area contributed by atoms with Gasteiger partial charge in [-0.1, -0.05) is 23.7 Å². The number of amides is 2. The van der Waals surface area contributed by atoms with Crippen LogP contribution in [0.1, 0.15) is 12.5 Å². The van der Waals surface area contributed by atoms with Crippen molar-refractivity contribution in [2.75, 3.05) is 30.9 Å². The van der Waals surface area contributed by atoms with E-state index in [1.54, 1.807) is 38.3 Å². The highest BCUT2D eigenvalue weighted by molar-refractivity contribution is 8.04. The first-order valence-corrected chi connectivity index (χ1v) is 10.8. The fourth-order valence-electron chi connectivity index (χ4n) is 2.89. The monoisotopic (exact) mass is 446 g/mol. The molecule has 3 rings (SSSR count). The lowest BCUT2D eigenvalue weighted by Crippen LogP contribution is -2.41. The van der Waals surface area contributed by atoms with E-state index in [9.17, 15) is 9.59 Å². The van der Waals surface area contributed by atoms with Crippen LogP contribution < -0.4 is 15.0 Å². The molecule has 0 saturated heterocycles. The first kappa shape index (κ1) is 22.1. The summed E-state index contributed by atoms with van der Waals surface area (Å²) in [4.78, 5) is 27.8. The minimum Gasteiger partial charge on any atom is -0.497 e. The molecular weight excluding hydrogens is 424 g/mol. The number of methoxy groups -OCH3 is 1. The van der Waals surface area contributed by atoms with Crippen LogP contribution in [0.3, 0.4) is 0 Å². The van der Waals surface area contributed by atoms with Crippen molar-refractivity contribution in [2.45, 2.75) is 13.5 Å². The van der Waals surface area contributed by atoms with Crippen molar-refractivity contribution >= 4 is 40.9 Å². The Kier molecular flexibility index (Phi) is 7.65. The molecule has 0 aliphatic carbocycles. The molecule has 158 valence electrons. The van der Waals surface area contributed by atoms with E-state index in [0.29, 0.717) is 40.3 Å². The third-order valence-electron chi connectivity index (χ3n) is 4.50. The number of anilines is 1. The van der Waals surface area contributed by atoms with Gasteiger partial charge in [-0.05, 0) is 48.9 Å². The Labute approximate surface area is 185 Å². The van der Waals surface area contributed by atoms with Gasteiger partial charge >= 0.3 is 0 Å². The van der Waals surface area contributed by atoms with Gasteiger partial charge in [0.15, 0.2) is 0 Å². The molecule has 0 unspecified atom stereocenters. The minimum atomic E-state index is -0.269. The lowest BCUT2D eigenvalue weighted by molar-refractivity contribution is -0.122. The fourth-order valence-corrected chi connectivity index (χ4v) is 3.88. The number of thioether (sulfide) groups is 1. The number of carbonyl (C=O) groups is 2. The van der Waals surface area contributed by atoms with E-state index in [4.69, 9.17) is 21.1 Å². The second-order valence-electron chi connectivity index (χ2n) is 6.57. The van der Waals surface area contributed by atoms with Gasteiger partial charge in [0.1, 0.15) is 23.0 Å². The molecule has 30 heavy (non-hydrogen) atoms. The Hall–Kier alpha value is -2.64. The first-order chi connectivity index (χ1) is 14.5. The molecule has 0 fully saturated rings. The topological polar surface area (TPSA) is 67.9 Å². The number of rotatable bonds is 7. The van der Waals surface area contributed by atoms with Crippen LogP contribution in [0.2, 0.25) is 5.02 Å². The predicted molar refractivity (Wildman–Crippen MR) is 120 cm³/mol. The maximum absolute atomic E-state index is 13.2. The molecule has 0 bridgehead atoms. The normalized spacial score (nSPS) is 13.4. The number of carbonyl (C=O) groups excluding carboxylic acids is 2. The van der Waals surface area contributed by atoms with Gasteiger partial charge in [-0.3, -0.25) is 14.5 Å². The van der Waals surface area contributed by atoms with Crippen molar-refractivity contribution in [1.29, 1.82) is 0 Å². The number of halogens is 1. The lowest BCUT2D eigenvalue weighted by Gasteiger charge is -2.26. The molecule has 1 aliphatic heterocycles. The summed E-state index contributed by atoms with van der Waals surface area (Å²) >= 11 is 7.43. The number of benzene rings is 2. The zero-order valence-corrected chi connectivity index (χ0v) is 18.4. The zero-order valence-electron chi connectivity index (χ0n) is 16.8. The minimum absolute atomic E-state index is 0.117. The number of hydrogen-bond acceptors (Lipinski definition) is 5. The molecule has 1 aliphatic rings. The van der Waals surface area contributed by atoms with Crippen molar-refractivity contribution in [2.24, 2.45) is 0 Å². The molecule has 8 heteroatoms. The van der Waals surface area contributed by atoms with Crippen molar-refractivity contribution in [3.05, 3.63) is 69.8 Å². The highest BCUT2D eigenvalue weighted by Gasteiger charge is 2.27. The summed E-state index contributed by atoms with van der Waals surface area (Å²) in [6, 6.07) is 14.3. The summed E-state index contributed by atoms with van der Waals surface area (Å²) in [7, 11) is 1.60. The van der Waals surface area contributed by atoms with Crippen molar-refractivity contribution in [3.8, 4) is 5.75 Å². The van der Waals surface area contributed by atoms with Crippen molar-refractivity contribution in [1.82, 2.24) is 5.32 Å². The number of nitrogens with one attached hydrogen (secondary N) is 1. The molecule has 6 nitrogen and oxygen atoms in total. The summed E-state index contributed by atoms with van der Waals surface area (Å²) in [5, 5.41) is 3.42. The lowest BCUT2D eigenvalue weighted by atomic mass is 10.2. The van der Waals surface area contributed by atoms with E-state index in [1.807, 2.05) is 24.3 Å². The van der Waals surface area contributed by atoms with Gasteiger partial charge < -0.3 is 14.8 Å². The standard InChI is InChI=1S/C22H23ClN2O4S/c1-15-21(30-12-11-29-15)22(27)25(18-7-5-17(23)6-8-18)14-20(26)24-13-16-3-9-19(28-2)10-4-16/h3-10H,11-14H2,1-2H3,(H,24,26). The van der Waals surface area contributed by atoms with Crippen molar-refractivity contribution in [3.63, 3.8) is 0 Å². The summed E-state index contributed by atoms with van der Waals surface area (Å²) in [5.74, 6) is 1.48. The Morgan fingerprint density at radius 3 is 2.50 bits per heavy atom. The average Bonchev–Trinajstić information content (AvgIpc) is 2.77. The van der Waals surface area contributed by atoms with Gasteiger partial charge in [-0.15, -0.1) is 11.8 Å². The Balaban J connectivity index is 1.73. The predicted octanol–water partition coefficient (Wildman–Crippen LogP) is 3.99. The smallest absolute Gasteiger partial charge is 0.268 e. The van der Waals surface area contributed by atoms with Crippen LogP contribution in [0.5, 0.6) is 5.75 Å². The molecule has 0 aromatic heterocycles. The molecule has 0 atom stereocenters. The molecule has 1 heterocycles. The molecular formula is C22H23ClN2O4S. The first-order valence-electron chi connectivity index (χ1n) is 9.41. The van der Waals surface area contributed by atoms with Crippen LogP contribution in [0.25, 0.3) is 0 Å². The average molecular weight is 447 g/mol. The number of hydrogen-bond donors (Lipinski definition) is 1. The molecule has 0 radical (unpaired) electrons. The molecule has 1 N–H and O–H groups in total. The molecule has 0 saturated carbocycles. The van der Waals surface area contributed by atoms with Gasteiger partial charge in [0.2, 0.25) is 5.91 Å². The van der Waals surface area contributed by atoms with Crippen LogP contribution in [-0.2, 0) is 20.9 Å². The summed E-state index contributed by atoms with van der Waals surface area (Å²) in [6.07, 6.45) is 0. The maximum Gasteiger partial charge on any atom is 0.268 e. The third kappa shape index (κ3) is 5.70. The van der Waals surface area contributed by atoms with Crippen LogP contribution >= 0.6 is 23.4 Å². The molecule has 2 aromatic rings. The number of allylic oxidation sites excluding steroid dienone is 1. The second kappa shape index (κ2) is 10.4. The number of nitrogens with zero attached hydrogens (tertiary/aromatic N) is 1. The van der Waals surface area contributed by atoms with Gasteiger partial charge in [-0.25, -0.2) is 0 Å². The van der Waals surface area contributed by atoms with E-state index >= 15 is 0 Å². The van der Waals surface area contributed by atoms with Crippen LogP contribution in [-0.4, -0.2) is 37.8 Å². The summed E-state index contributed by atoms with van der Waals surface area (Å²) < 4.78 is 10.7. The van der Waals surface area contributed by atoms with Crippen LogP contribution in [0.4, 0.5) is 5.69 Å². The summed E-state index contributed by atoms with van der Waals surface area (Å²) in [6.45, 7) is 2.57. The summed E-state index contributed by atoms with van der Waals surface area (Å²) in [5.41, 5.74) is 1.53. The third-order valence-corrected chi connectivity index (χ3v) is 5.87. The van der Waals surface area contributed by atoms with Crippen LogP contribution in [0, 0.1) is 0 Å². The van der Waals surface area contributed by atoms with Gasteiger partial charge in [0.05, 0.1) is 13.7 Å². The van der Waals surface area contributed by atoms with E-state index in [-0.39, 0.29) is 18.4 Å². The highest BCUT2D eigenvalue weighted by Crippen LogP contribution is 2.29. The Morgan fingerprint density at radius 2 is 1.87 bits per heavy atom. The van der Waals surface area contributed by atoms with Crippen molar-refractivity contribution < 1.29 is 19.1 Å². The number of ether oxygens (including phenoxy) is 2. The van der Waals surface area contributed by atoms with Gasteiger partial charge in [0.25, 0.3) is 5.91 Å². The Morgan fingerprint density at radius 1 is 1.17 bits per heavy atom. The largest absolute Gasteiger partial charge is 0.497 e. The molecule has 2 aromatic carbocycles.